The van der Waals surface area contributed by atoms with E-state index < -0.39 is 77.6 Å². The predicted molar refractivity (Wildman–Crippen MR) is 259 cm³/mol. The fraction of sp³-hybridized carbons (Fsp3) is 0.500. The third-order valence-electron chi connectivity index (χ3n) is 13.3. The number of likely N-dealkylation sites (N-methyl/N-ethyl adjacent to an activating group) is 1. The van der Waals surface area contributed by atoms with Gasteiger partial charge in [-0.3, -0.25) is 24.1 Å². The molecule has 4 amide bonds. The van der Waals surface area contributed by atoms with Crippen LogP contribution in [0.3, 0.4) is 0 Å². The number of hydrogen-bond acceptors (Lipinski definition) is 11. The summed E-state index contributed by atoms with van der Waals surface area (Å²) in [6.45, 7) is 8.88. The Morgan fingerprint density at radius 2 is 1.52 bits per heavy atom. The number of morpholine rings is 1. The van der Waals surface area contributed by atoms with Gasteiger partial charge in [-0.05, 0) is 82.6 Å². The molecule has 3 aliphatic rings. The fourth-order valence-corrected chi connectivity index (χ4v) is 10.4. The first kappa shape index (κ1) is 50.9. The van der Waals surface area contributed by atoms with Crippen molar-refractivity contribution < 1.29 is 47.0 Å². The number of carbonyl (C=O) groups is 5. The summed E-state index contributed by atoms with van der Waals surface area (Å²) in [5.41, 5.74) is 1.33. The van der Waals surface area contributed by atoms with E-state index >= 15 is 4.39 Å². The zero-order valence-electron chi connectivity index (χ0n) is 40.1. The van der Waals surface area contributed by atoms with Gasteiger partial charge in [0.05, 0.1) is 30.9 Å². The molecule has 17 heteroatoms. The average molecular weight is 971 g/mol. The molecule has 3 aromatic carbocycles. The molecule has 2 saturated heterocycles. The van der Waals surface area contributed by atoms with Crippen LogP contribution in [-0.2, 0) is 28.7 Å². The maximum atomic E-state index is 15.6. The summed E-state index contributed by atoms with van der Waals surface area (Å²) in [5.74, 6) is -6.47. The highest BCUT2D eigenvalue weighted by Gasteiger charge is 2.43. The number of thiazole rings is 1. The summed E-state index contributed by atoms with van der Waals surface area (Å²) in [4.78, 5) is 80.8. The Hall–Kier alpha value is -5.94. The Bertz CT molecular complexity index is 2370. The van der Waals surface area contributed by atoms with E-state index in [1.165, 1.54) is 29.4 Å². The number of aromatic nitrogens is 1. The molecule has 4 aromatic rings. The second-order valence-electron chi connectivity index (χ2n) is 19.1. The zero-order chi connectivity index (χ0) is 49.2. The van der Waals surface area contributed by atoms with Crippen molar-refractivity contribution >= 4 is 46.1 Å². The third-order valence-corrected chi connectivity index (χ3v) is 14.2. The van der Waals surface area contributed by atoms with E-state index in [1.54, 1.807) is 38.0 Å². The summed E-state index contributed by atoms with van der Waals surface area (Å²) in [6, 6.07) is 18.3. The highest BCUT2D eigenvalue weighted by molar-refractivity contribution is 7.14. The Kier molecular flexibility index (Phi) is 17.1. The second kappa shape index (κ2) is 23.1. The van der Waals surface area contributed by atoms with E-state index in [0.717, 1.165) is 36.5 Å². The lowest BCUT2D eigenvalue weighted by Crippen LogP contribution is -2.58. The van der Waals surface area contributed by atoms with Crippen LogP contribution in [0.1, 0.15) is 96.1 Å². The highest BCUT2D eigenvalue weighted by atomic mass is 32.1. The molecule has 2 aliphatic heterocycles. The van der Waals surface area contributed by atoms with Gasteiger partial charge < -0.3 is 34.6 Å². The summed E-state index contributed by atoms with van der Waals surface area (Å²) < 4.78 is 47.3. The number of ether oxygens (including phenoxy) is 3. The smallest absolute Gasteiger partial charge is 0.410 e. The van der Waals surface area contributed by atoms with Crippen molar-refractivity contribution in [2.24, 2.45) is 11.8 Å². The molecule has 3 heterocycles. The van der Waals surface area contributed by atoms with Crippen molar-refractivity contribution in [2.45, 2.75) is 109 Å². The minimum Gasteiger partial charge on any atom is -0.469 e. The minimum atomic E-state index is -1.24. The quantitative estimate of drug-likeness (QED) is 0.0991. The molecule has 1 saturated carbocycles. The first-order valence-corrected chi connectivity index (χ1v) is 24.9. The SMILES string of the molecule is C[C@@H](C(=O)N[C@H](C(=O)N1CCC[C@H]1C(=O)C[C@H](C(=O)NCOc1c(-c2csc(N3CCOCC3)n2)ccc(F)c1F)C(c1ccccc1)c1ccccc1)C1CCCCC1)N(C)C(=O)OC(C)(C)C. The lowest BCUT2D eigenvalue weighted by molar-refractivity contribution is -0.143. The molecule has 1 aliphatic carbocycles. The van der Waals surface area contributed by atoms with Crippen molar-refractivity contribution in [3.8, 4) is 17.0 Å². The van der Waals surface area contributed by atoms with E-state index in [-0.39, 0.29) is 36.1 Å². The molecule has 14 nitrogen and oxygen atoms in total. The average Bonchev–Trinajstić information content (AvgIpc) is 4.06. The van der Waals surface area contributed by atoms with Crippen molar-refractivity contribution in [1.29, 1.82) is 0 Å². The molecule has 3 fully saturated rings. The van der Waals surface area contributed by atoms with E-state index in [2.05, 4.69) is 15.5 Å². The number of carbonyl (C=O) groups excluding carboxylic acids is 5. The highest BCUT2D eigenvalue weighted by Crippen LogP contribution is 2.39. The van der Waals surface area contributed by atoms with Gasteiger partial charge in [0.1, 0.15) is 17.7 Å². The van der Waals surface area contributed by atoms with Gasteiger partial charge in [0.2, 0.25) is 23.5 Å². The van der Waals surface area contributed by atoms with Gasteiger partial charge in [0.25, 0.3) is 0 Å². The topological polar surface area (TPSA) is 160 Å². The molecule has 0 unspecified atom stereocenters. The van der Waals surface area contributed by atoms with Crippen LogP contribution < -0.4 is 20.3 Å². The molecule has 2 N–H and O–H groups in total. The van der Waals surface area contributed by atoms with Crippen LogP contribution in [0.2, 0.25) is 0 Å². The van der Waals surface area contributed by atoms with Gasteiger partial charge in [-0.15, -0.1) is 11.3 Å². The lowest BCUT2D eigenvalue weighted by atomic mass is 9.77. The normalized spacial score (nSPS) is 18.0. The molecule has 0 bridgehead atoms. The van der Waals surface area contributed by atoms with Crippen LogP contribution in [0, 0.1) is 23.5 Å². The summed E-state index contributed by atoms with van der Waals surface area (Å²) in [5, 5.41) is 8.21. The number of amides is 4. The van der Waals surface area contributed by atoms with E-state index in [0.29, 0.717) is 62.8 Å². The molecule has 4 atom stereocenters. The van der Waals surface area contributed by atoms with Crippen molar-refractivity contribution in [3.05, 3.63) is 101 Å². The largest absolute Gasteiger partial charge is 0.469 e. The van der Waals surface area contributed by atoms with Crippen molar-refractivity contribution in [1.82, 2.24) is 25.4 Å². The van der Waals surface area contributed by atoms with E-state index in [9.17, 15) is 28.4 Å². The molecule has 69 heavy (non-hydrogen) atoms. The number of anilines is 1. The number of halogens is 2. The number of Topliss-reactive ketones (excluding diaryl/α,β-unsaturated/α-hetero) is 1. The van der Waals surface area contributed by atoms with Crippen molar-refractivity contribution in [3.63, 3.8) is 0 Å². The molecule has 0 spiro atoms. The summed E-state index contributed by atoms with van der Waals surface area (Å²) in [7, 11) is 1.48. The van der Waals surface area contributed by atoms with Crippen molar-refractivity contribution in [2.75, 3.05) is 51.5 Å². The van der Waals surface area contributed by atoms with E-state index in [4.69, 9.17) is 19.2 Å². The lowest BCUT2D eigenvalue weighted by Gasteiger charge is -2.36. The van der Waals surface area contributed by atoms with Crippen LogP contribution in [0.4, 0.5) is 18.7 Å². The van der Waals surface area contributed by atoms with Gasteiger partial charge >= 0.3 is 6.09 Å². The van der Waals surface area contributed by atoms with Crippen LogP contribution in [0.15, 0.2) is 78.2 Å². The first-order valence-electron chi connectivity index (χ1n) is 24.0. The van der Waals surface area contributed by atoms with Gasteiger partial charge in [0.15, 0.2) is 29.2 Å². The van der Waals surface area contributed by atoms with Crippen LogP contribution in [-0.4, -0.2) is 115 Å². The Morgan fingerprint density at radius 3 is 2.16 bits per heavy atom. The maximum absolute atomic E-state index is 15.6. The standard InChI is InChI=1S/C52H64F2N6O8S/c1-33(58(5)51(65)68-52(2,3)4)47(62)57-45(36-20-13-8-14-21-36)49(64)60-25-15-22-41(60)42(61)30-38(43(34-16-9-6-10-17-34)35-18-11-7-12-19-35)48(63)55-32-67-46-37(23-24-39(53)44(46)54)40-31-69-50(56-40)59-26-28-66-29-27-59/h6-7,9-12,16-19,23-24,31,33,36,38,41,43,45H,8,13-15,20-22,25-30,32H2,1-5H3,(H,55,63)(H,57,62)/t33-,38-,41-,45-/m0/s1. The predicted octanol–water partition coefficient (Wildman–Crippen LogP) is 8.10. The Labute approximate surface area is 407 Å². The number of rotatable bonds is 17. The van der Waals surface area contributed by atoms with Gasteiger partial charge in [0, 0.05) is 50.0 Å². The molecular formula is C52H64F2N6O8S. The Morgan fingerprint density at radius 1 is 0.870 bits per heavy atom. The van der Waals surface area contributed by atoms with Gasteiger partial charge in [-0.2, -0.15) is 4.39 Å². The Balaban J connectivity index is 1.13. The number of likely N-dealkylation sites (tertiary alicyclic amines) is 1. The number of nitrogens with zero attached hydrogens (tertiary/aromatic N) is 4. The molecule has 7 rings (SSSR count). The number of ketones is 1. The van der Waals surface area contributed by atoms with Gasteiger partial charge in [-0.25, -0.2) is 14.2 Å². The van der Waals surface area contributed by atoms with E-state index in [1.807, 2.05) is 60.7 Å². The summed E-state index contributed by atoms with van der Waals surface area (Å²) >= 11 is 1.36. The summed E-state index contributed by atoms with van der Waals surface area (Å²) in [6.07, 6.45) is 4.12. The zero-order valence-corrected chi connectivity index (χ0v) is 40.9. The minimum absolute atomic E-state index is 0.185. The molecule has 0 radical (unpaired) electrons. The first-order chi connectivity index (χ1) is 33.1. The molecule has 370 valence electrons. The number of hydrogen-bond donors (Lipinski definition) is 2. The maximum Gasteiger partial charge on any atom is 0.410 e. The number of benzene rings is 3. The molecule has 1 aromatic heterocycles. The number of nitrogens with one attached hydrogen (secondary N) is 2. The van der Waals surface area contributed by atoms with Crippen LogP contribution in [0.5, 0.6) is 5.75 Å². The van der Waals surface area contributed by atoms with Crippen LogP contribution >= 0.6 is 11.3 Å². The monoisotopic (exact) mass is 970 g/mol. The fourth-order valence-electron chi connectivity index (χ4n) is 9.50. The van der Waals surface area contributed by atoms with Gasteiger partial charge in [-0.1, -0.05) is 79.9 Å². The van der Waals surface area contributed by atoms with Crippen LogP contribution in [0.25, 0.3) is 11.3 Å². The molecular weight excluding hydrogens is 907 g/mol. The third kappa shape index (κ3) is 12.6. The second-order valence-corrected chi connectivity index (χ2v) is 19.9.